The number of hydrogen-bond donors (Lipinski definition) is 1. The van der Waals surface area contributed by atoms with Gasteiger partial charge >= 0.3 is 0 Å². The lowest BCUT2D eigenvalue weighted by Gasteiger charge is -2.20. The molecule has 0 aliphatic carbocycles. The van der Waals surface area contributed by atoms with Crippen molar-refractivity contribution in [2.24, 2.45) is 0 Å². The van der Waals surface area contributed by atoms with Gasteiger partial charge < -0.3 is 19.5 Å². The molecule has 4 nitrogen and oxygen atoms in total. The van der Waals surface area contributed by atoms with Crippen molar-refractivity contribution in [3.8, 4) is 5.75 Å². The average Bonchev–Trinajstić information content (AvgIpc) is 2.84. The van der Waals surface area contributed by atoms with E-state index in [9.17, 15) is 8.78 Å². The average molecular weight is 347 g/mol. The summed E-state index contributed by atoms with van der Waals surface area (Å²) in [6.45, 7) is 7.00. The summed E-state index contributed by atoms with van der Waals surface area (Å²) in [5.41, 5.74) is 0.971. The van der Waals surface area contributed by atoms with Gasteiger partial charge in [0.05, 0.1) is 24.7 Å². The van der Waals surface area contributed by atoms with Crippen LogP contribution in [0.1, 0.15) is 32.4 Å². The van der Waals surface area contributed by atoms with E-state index in [2.05, 4.69) is 5.32 Å². The molecule has 7 heteroatoms. The van der Waals surface area contributed by atoms with Crippen molar-refractivity contribution in [1.82, 2.24) is 5.32 Å². The Morgan fingerprint density at radius 2 is 2.17 bits per heavy atom. The molecule has 1 N–H and O–H groups in total. The van der Waals surface area contributed by atoms with Crippen LogP contribution in [0.25, 0.3) is 0 Å². The van der Waals surface area contributed by atoms with Crippen LogP contribution in [0.15, 0.2) is 23.1 Å². The molecule has 1 aromatic rings. The van der Waals surface area contributed by atoms with Crippen molar-refractivity contribution in [3.63, 3.8) is 0 Å². The van der Waals surface area contributed by atoms with Gasteiger partial charge in [0, 0.05) is 12.6 Å². The van der Waals surface area contributed by atoms with Gasteiger partial charge in [-0.05, 0) is 38.5 Å². The SMILES string of the molecule is COc1cc([C@H](C)NC[C@H]2COC(C)(C)O2)ccc1SC(F)F. The summed E-state index contributed by atoms with van der Waals surface area (Å²) < 4.78 is 41.5. The summed E-state index contributed by atoms with van der Waals surface area (Å²) in [4.78, 5) is 0.438. The van der Waals surface area contributed by atoms with Crippen molar-refractivity contribution < 1.29 is 23.0 Å². The van der Waals surface area contributed by atoms with Gasteiger partial charge in [0.1, 0.15) is 5.75 Å². The second-order valence-corrected chi connectivity index (χ2v) is 6.90. The highest BCUT2D eigenvalue weighted by atomic mass is 32.2. The smallest absolute Gasteiger partial charge is 0.289 e. The third-order valence-corrected chi connectivity index (χ3v) is 4.39. The van der Waals surface area contributed by atoms with E-state index in [1.54, 1.807) is 12.1 Å². The monoisotopic (exact) mass is 347 g/mol. The summed E-state index contributed by atoms with van der Waals surface area (Å²) >= 11 is 0.488. The number of thioether (sulfide) groups is 1. The summed E-state index contributed by atoms with van der Waals surface area (Å²) in [5.74, 6) is -2.54. The van der Waals surface area contributed by atoms with Crippen LogP contribution in [0, 0.1) is 0 Å². The van der Waals surface area contributed by atoms with Crippen LogP contribution >= 0.6 is 11.8 Å². The van der Waals surface area contributed by atoms with E-state index < -0.39 is 11.5 Å². The van der Waals surface area contributed by atoms with E-state index >= 15 is 0 Å². The lowest BCUT2D eigenvalue weighted by molar-refractivity contribution is -0.137. The van der Waals surface area contributed by atoms with Crippen molar-refractivity contribution in [2.75, 3.05) is 20.3 Å². The molecule has 1 heterocycles. The number of benzene rings is 1. The van der Waals surface area contributed by atoms with Crippen molar-refractivity contribution in [1.29, 1.82) is 0 Å². The fourth-order valence-corrected chi connectivity index (χ4v) is 3.03. The summed E-state index contributed by atoms with van der Waals surface area (Å²) in [6.07, 6.45) is 0.00279. The lowest BCUT2D eigenvalue weighted by atomic mass is 10.1. The highest BCUT2D eigenvalue weighted by Gasteiger charge is 2.32. The molecule has 1 aromatic carbocycles. The third-order valence-electron chi connectivity index (χ3n) is 3.62. The predicted octanol–water partition coefficient (Wildman–Crippen LogP) is 3.81. The topological polar surface area (TPSA) is 39.7 Å². The molecular formula is C16H23F2NO3S. The van der Waals surface area contributed by atoms with Crippen LogP contribution in [0.3, 0.4) is 0 Å². The first-order chi connectivity index (χ1) is 10.8. The fourth-order valence-electron chi connectivity index (χ4n) is 2.44. The summed E-state index contributed by atoms with van der Waals surface area (Å²) in [5, 5.41) is 3.37. The van der Waals surface area contributed by atoms with Crippen LogP contribution in [0.4, 0.5) is 8.78 Å². The number of halogens is 2. The maximum atomic E-state index is 12.5. The van der Waals surface area contributed by atoms with Gasteiger partial charge in [-0.3, -0.25) is 0 Å². The number of ether oxygens (including phenoxy) is 3. The zero-order valence-corrected chi connectivity index (χ0v) is 14.6. The Bertz CT molecular complexity index is 528. The Kier molecular flexibility index (Phi) is 6.25. The zero-order valence-electron chi connectivity index (χ0n) is 13.8. The molecular weight excluding hydrogens is 324 g/mol. The first-order valence-electron chi connectivity index (χ1n) is 7.48. The quantitative estimate of drug-likeness (QED) is 0.760. The Labute approximate surface area is 139 Å². The zero-order chi connectivity index (χ0) is 17.0. The molecule has 130 valence electrons. The Hall–Kier alpha value is -0.890. The molecule has 1 aliphatic heterocycles. The molecule has 0 amide bonds. The highest BCUT2D eigenvalue weighted by Crippen LogP contribution is 2.35. The number of alkyl halides is 2. The molecule has 1 saturated heterocycles. The van der Waals surface area contributed by atoms with E-state index in [-0.39, 0.29) is 12.1 Å². The summed E-state index contributed by atoms with van der Waals surface area (Å²) in [7, 11) is 1.48. The maximum Gasteiger partial charge on any atom is 0.289 e. The third kappa shape index (κ3) is 5.31. The van der Waals surface area contributed by atoms with Gasteiger partial charge in [-0.2, -0.15) is 8.78 Å². The van der Waals surface area contributed by atoms with Crippen molar-refractivity contribution in [2.45, 2.75) is 49.4 Å². The number of nitrogens with one attached hydrogen (secondary N) is 1. The molecule has 1 aliphatic rings. The molecule has 2 atom stereocenters. The molecule has 2 rings (SSSR count). The van der Waals surface area contributed by atoms with Gasteiger partial charge in [0.2, 0.25) is 0 Å². The largest absolute Gasteiger partial charge is 0.496 e. The van der Waals surface area contributed by atoms with Crippen LogP contribution in [0.5, 0.6) is 5.75 Å². The second kappa shape index (κ2) is 7.79. The fraction of sp³-hybridized carbons (Fsp3) is 0.625. The van der Waals surface area contributed by atoms with E-state index in [4.69, 9.17) is 14.2 Å². The molecule has 0 spiro atoms. The molecule has 0 bridgehead atoms. The van der Waals surface area contributed by atoms with Crippen LogP contribution in [0.2, 0.25) is 0 Å². The number of methoxy groups -OCH3 is 1. The first-order valence-corrected chi connectivity index (χ1v) is 8.36. The Morgan fingerprint density at radius 3 is 2.74 bits per heavy atom. The van der Waals surface area contributed by atoms with Gasteiger partial charge in [0.15, 0.2) is 5.79 Å². The van der Waals surface area contributed by atoms with Crippen molar-refractivity contribution >= 4 is 11.8 Å². The predicted molar refractivity (Wildman–Crippen MR) is 86.2 cm³/mol. The minimum atomic E-state index is -2.46. The maximum absolute atomic E-state index is 12.5. The minimum absolute atomic E-state index is 0.00279. The van der Waals surface area contributed by atoms with Crippen LogP contribution < -0.4 is 10.1 Å². The summed E-state index contributed by atoms with van der Waals surface area (Å²) in [6, 6.07) is 5.34. The van der Waals surface area contributed by atoms with Crippen molar-refractivity contribution in [3.05, 3.63) is 23.8 Å². The first kappa shape index (κ1) is 18.4. The standard InChI is InChI=1S/C16H23F2NO3S/c1-10(19-8-12-9-21-16(2,3)22-12)11-5-6-14(23-15(17)18)13(7-11)20-4/h5-7,10,12,15,19H,8-9H2,1-4H3/t10-,12-/m0/s1. The lowest BCUT2D eigenvalue weighted by Crippen LogP contribution is -2.32. The van der Waals surface area contributed by atoms with Gasteiger partial charge in [-0.15, -0.1) is 0 Å². The van der Waals surface area contributed by atoms with E-state index in [1.807, 2.05) is 26.8 Å². The van der Waals surface area contributed by atoms with Gasteiger partial charge in [-0.1, -0.05) is 17.8 Å². The normalized spacial score (nSPS) is 21.6. The van der Waals surface area contributed by atoms with Gasteiger partial charge in [-0.25, -0.2) is 0 Å². The second-order valence-electron chi connectivity index (χ2n) is 5.87. The van der Waals surface area contributed by atoms with Crippen LogP contribution in [-0.4, -0.2) is 37.9 Å². The van der Waals surface area contributed by atoms with Gasteiger partial charge in [0.25, 0.3) is 5.76 Å². The highest BCUT2D eigenvalue weighted by molar-refractivity contribution is 7.99. The molecule has 0 aromatic heterocycles. The number of rotatable bonds is 7. The minimum Gasteiger partial charge on any atom is -0.496 e. The molecule has 0 radical (unpaired) electrons. The molecule has 0 unspecified atom stereocenters. The molecule has 23 heavy (non-hydrogen) atoms. The molecule has 0 saturated carbocycles. The van der Waals surface area contributed by atoms with E-state index in [1.165, 1.54) is 7.11 Å². The number of hydrogen-bond acceptors (Lipinski definition) is 5. The molecule has 1 fully saturated rings. The Morgan fingerprint density at radius 1 is 1.43 bits per heavy atom. The van der Waals surface area contributed by atoms with E-state index in [0.29, 0.717) is 35.6 Å². The van der Waals surface area contributed by atoms with Crippen LogP contribution in [-0.2, 0) is 9.47 Å². The Balaban J connectivity index is 1.95. The van der Waals surface area contributed by atoms with E-state index in [0.717, 1.165) is 5.56 Å².